The van der Waals surface area contributed by atoms with Gasteiger partial charge in [0, 0.05) is 10.9 Å². The van der Waals surface area contributed by atoms with E-state index in [9.17, 15) is 9.59 Å². The van der Waals surface area contributed by atoms with Gasteiger partial charge in [0.15, 0.2) is 5.69 Å². The van der Waals surface area contributed by atoms with Crippen LogP contribution < -0.4 is 10.1 Å². The molecule has 0 fully saturated rings. The fourth-order valence-corrected chi connectivity index (χ4v) is 3.37. The Labute approximate surface area is 160 Å². The van der Waals surface area contributed by atoms with Gasteiger partial charge < -0.3 is 14.8 Å². The Hall–Kier alpha value is -3.19. The first-order valence-electron chi connectivity index (χ1n) is 8.16. The number of amides is 1. The molecule has 1 atom stereocenters. The fraction of sp³-hybridized carbons (Fsp3) is 0.150. The Morgan fingerprint density at radius 3 is 2.37 bits per heavy atom. The van der Waals surface area contributed by atoms with Gasteiger partial charge in [-0.2, -0.15) is 0 Å². The van der Waals surface area contributed by atoms with Crippen LogP contribution in [0, 0.1) is 0 Å². The summed E-state index contributed by atoms with van der Waals surface area (Å²) in [7, 11) is 2.90. The number of ether oxygens (including phenoxy) is 2. The third kappa shape index (κ3) is 4.32. The Morgan fingerprint density at radius 2 is 1.74 bits per heavy atom. The van der Waals surface area contributed by atoms with Crippen LogP contribution in [0.25, 0.3) is 0 Å². The zero-order chi connectivity index (χ0) is 19.2. The minimum Gasteiger partial charge on any atom is -0.497 e. The molecule has 0 saturated carbocycles. The summed E-state index contributed by atoms with van der Waals surface area (Å²) < 4.78 is 9.91. The lowest BCUT2D eigenvalue weighted by molar-refractivity contribution is 0.0594. The van der Waals surface area contributed by atoms with Gasteiger partial charge in [-0.15, -0.1) is 11.3 Å². The molecule has 0 spiro atoms. The summed E-state index contributed by atoms with van der Waals surface area (Å²) in [6.07, 6.45) is 0. The van der Waals surface area contributed by atoms with Gasteiger partial charge in [0.2, 0.25) is 0 Å². The maximum Gasteiger partial charge on any atom is 0.357 e. The van der Waals surface area contributed by atoms with E-state index in [0.717, 1.165) is 5.56 Å². The molecule has 1 heterocycles. The number of thiazole rings is 1. The van der Waals surface area contributed by atoms with Crippen molar-refractivity contribution in [3.63, 3.8) is 0 Å². The number of carbonyl (C=O) groups is 2. The van der Waals surface area contributed by atoms with Crippen LogP contribution in [-0.4, -0.2) is 31.1 Å². The molecule has 0 saturated heterocycles. The van der Waals surface area contributed by atoms with Gasteiger partial charge in [0.1, 0.15) is 16.8 Å². The van der Waals surface area contributed by atoms with Gasteiger partial charge >= 0.3 is 5.97 Å². The number of benzene rings is 2. The molecule has 1 amide bonds. The minimum absolute atomic E-state index is 0.213. The molecule has 0 aliphatic carbocycles. The lowest BCUT2D eigenvalue weighted by Gasteiger charge is -2.17. The van der Waals surface area contributed by atoms with Crippen LogP contribution in [0.2, 0.25) is 0 Å². The molecule has 1 unspecified atom stereocenters. The molecule has 3 rings (SSSR count). The summed E-state index contributed by atoms with van der Waals surface area (Å²) in [5.41, 5.74) is 1.58. The molecule has 7 heteroatoms. The summed E-state index contributed by atoms with van der Waals surface area (Å²) in [6, 6.07) is 15.8. The highest BCUT2D eigenvalue weighted by Gasteiger charge is 2.23. The number of aromatic nitrogens is 1. The second kappa shape index (κ2) is 8.46. The van der Waals surface area contributed by atoms with Crippen LogP contribution in [-0.2, 0) is 4.74 Å². The number of carbonyl (C=O) groups excluding carboxylic acids is 2. The number of hydrogen-bond donors (Lipinski definition) is 1. The molecule has 0 radical (unpaired) electrons. The fourth-order valence-electron chi connectivity index (χ4n) is 2.51. The second-order valence-corrected chi connectivity index (χ2v) is 6.50. The topological polar surface area (TPSA) is 77.5 Å². The van der Waals surface area contributed by atoms with Crippen molar-refractivity contribution < 1.29 is 19.1 Å². The molecule has 3 aromatic rings. The summed E-state index contributed by atoms with van der Waals surface area (Å²) in [6.45, 7) is 0. The van der Waals surface area contributed by atoms with E-state index in [0.29, 0.717) is 16.3 Å². The van der Waals surface area contributed by atoms with Crippen molar-refractivity contribution in [2.24, 2.45) is 0 Å². The highest BCUT2D eigenvalue weighted by Crippen LogP contribution is 2.27. The average Bonchev–Trinajstić information content (AvgIpc) is 3.22. The van der Waals surface area contributed by atoms with Crippen molar-refractivity contribution in [3.8, 4) is 5.75 Å². The maximum atomic E-state index is 12.7. The molecule has 1 aromatic heterocycles. The van der Waals surface area contributed by atoms with E-state index in [-0.39, 0.29) is 11.6 Å². The average molecular weight is 382 g/mol. The Kier molecular flexibility index (Phi) is 5.83. The van der Waals surface area contributed by atoms with Gasteiger partial charge in [-0.25, -0.2) is 9.78 Å². The predicted octanol–water partition coefficient (Wildman–Crippen LogP) is 3.46. The largest absolute Gasteiger partial charge is 0.497 e. The van der Waals surface area contributed by atoms with Crippen molar-refractivity contribution in [1.82, 2.24) is 10.3 Å². The van der Waals surface area contributed by atoms with E-state index in [1.165, 1.54) is 18.4 Å². The zero-order valence-electron chi connectivity index (χ0n) is 14.8. The predicted molar refractivity (Wildman–Crippen MR) is 102 cm³/mol. The maximum absolute atomic E-state index is 12.7. The van der Waals surface area contributed by atoms with E-state index in [2.05, 4.69) is 10.3 Å². The number of nitrogens with one attached hydrogen (secondary N) is 1. The van der Waals surface area contributed by atoms with Crippen molar-refractivity contribution in [2.75, 3.05) is 14.2 Å². The highest BCUT2D eigenvalue weighted by molar-refractivity contribution is 7.10. The van der Waals surface area contributed by atoms with Gasteiger partial charge in [-0.3, -0.25) is 4.79 Å². The van der Waals surface area contributed by atoms with Crippen LogP contribution in [0.1, 0.15) is 37.5 Å². The standard InChI is InChI=1S/C20H18N2O4S/c1-25-15-10-8-13(9-11-15)17(19-21-16(12-27-19)20(24)26-2)22-18(23)14-6-4-3-5-7-14/h3-12,17H,1-2H3,(H,22,23). The molecule has 0 aliphatic rings. The molecule has 27 heavy (non-hydrogen) atoms. The highest BCUT2D eigenvalue weighted by atomic mass is 32.1. The van der Waals surface area contributed by atoms with Crippen molar-refractivity contribution in [3.05, 3.63) is 81.8 Å². The van der Waals surface area contributed by atoms with Crippen LogP contribution in [0.15, 0.2) is 60.0 Å². The zero-order valence-corrected chi connectivity index (χ0v) is 15.7. The number of methoxy groups -OCH3 is 2. The van der Waals surface area contributed by atoms with E-state index in [1.807, 2.05) is 30.3 Å². The van der Waals surface area contributed by atoms with Crippen molar-refractivity contribution in [1.29, 1.82) is 0 Å². The Balaban J connectivity index is 1.94. The normalized spacial score (nSPS) is 11.5. The summed E-state index contributed by atoms with van der Waals surface area (Å²) in [4.78, 5) is 28.7. The quantitative estimate of drug-likeness (QED) is 0.661. The molecular formula is C20H18N2O4S. The first kappa shape index (κ1) is 18.6. The SMILES string of the molecule is COC(=O)c1csc(C(NC(=O)c2ccccc2)c2ccc(OC)cc2)n1. The Morgan fingerprint density at radius 1 is 1.04 bits per heavy atom. The van der Waals surface area contributed by atoms with Crippen molar-refractivity contribution >= 4 is 23.2 Å². The van der Waals surface area contributed by atoms with E-state index in [4.69, 9.17) is 9.47 Å². The summed E-state index contributed by atoms with van der Waals surface area (Å²) in [5, 5.41) is 5.19. The van der Waals surface area contributed by atoms with Crippen LogP contribution in [0.3, 0.4) is 0 Å². The summed E-state index contributed by atoms with van der Waals surface area (Å²) >= 11 is 1.29. The number of hydrogen-bond acceptors (Lipinski definition) is 6. The van der Waals surface area contributed by atoms with Gasteiger partial charge in [-0.05, 0) is 29.8 Å². The van der Waals surface area contributed by atoms with E-state index < -0.39 is 12.0 Å². The van der Waals surface area contributed by atoms with Crippen LogP contribution in [0.4, 0.5) is 0 Å². The van der Waals surface area contributed by atoms with Gasteiger partial charge in [-0.1, -0.05) is 30.3 Å². The lowest BCUT2D eigenvalue weighted by atomic mass is 10.1. The molecule has 1 N–H and O–H groups in total. The third-order valence-electron chi connectivity index (χ3n) is 3.92. The number of rotatable bonds is 6. The molecular weight excluding hydrogens is 364 g/mol. The first-order chi connectivity index (χ1) is 13.1. The van der Waals surface area contributed by atoms with Gasteiger partial charge in [0.05, 0.1) is 14.2 Å². The van der Waals surface area contributed by atoms with E-state index >= 15 is 0 Å². The molecule has 0 aliphatic heterocycles. The second-order valence-electron chi connectivity index (χ2n) is 5.61. The number of nitrogens with zero attached hydrogens (tertiary/aromatic N) is 1. The molecule has 138 valence electrons. The smallest absolute Gasteiger partial charge is 0.357 e. The molecule has 6 nitrogen and oxygen atoms in total. The minimum atomic E-state index is -0.514. The van der Waals surface area contributed by atoms with Gasteiger partial charge in [0.25, 0.3) is 5.91 Å². The lowest BCUT2D eigenvalue weighted by Crippen LogP contribution is -2.29. The van der Waals surface area contributed by atoms with Crippen molar-refractivity contribution in [2.45, 2.75) is 6.04 Å². The monoisotopic (exact) mass is 382 g/mol. The molecule has 2 aromatic carbocycles. The third-order valence-corrected chi connectivity index (χ3v) is 4.83. The van der Waals surface area contributed by atoms with Crippen LogP contribution in [0.5, 0.6) is 5.75 Å². The number of esters is 1. The first-order valence-corrected chi connectivity index (χ1v) is 9.04. The van der Waals surface area contributed by atoms with Crippen LogP contribution >= 0.6 is 11.3 Å². The summed E-state index contributed by atoms with van der Waals surface area (Å²) in [5.74, 6) is -0.0344. The Bertz CT molecular complexity index is 923. The van der Waals surface area contributed by atoms with E-state index in [1.54, 1.807) is 36.8 Å². The molecule has 0 bridgehead atoms.